The van der Waals surface area contributed by atoms with Gasteiger partial charge in [0.25, 0.3) is 10.0 Å². The summed E-state index contributed by atoms with van der Waals surface area (Å²) in [6.07, 6.45) is 6.22. The Kier molecular flexibility index (Phi) is 7.33. The molecule has 4 N–H and O–H groups in total. The van der Waals surface area contributed by atoms with Crippen LogP contribution in [0.15, 0.2) is 59.5 Å². The molecule has 10 heteroatoms. The zero-order chi connectivity index (χ0) is 26.7. The van der Waals surface area contributed by atoms with Crippen LogP contribution in [0.2, 0.25) is 0 Å². The fraction of sp³-hybridized carbons (Fsp3) is 0.286. The summed E-state index contributed by atoms with van der Waals surface area (Å²) in [5, 5.41) is 7.91. The molecule has 0 heterocycles. The smallest absolute Gasteiger partial charge is 0.333 e. The maximum atomic E-state index is 13.6. The number of hydrogen-bond donors (Lipinski definition) is 4. The highest BCUT2D eigenvalue weighted by Gasteiger charge is 2.26. The highest BCUT2D eigenvalue weighted by atomic mass is 32.2. The van der Waals surface area contributed by atoms with Crippen molar-refractivity contribution in [2.24, 2.45) is 0 Å². The lowest BCUT2D eigenvalue weighted by molar-refractivity contribution is 0.252. The van der Waals surface area contributed by atoms with Gasteiger partial charge in [0.15, 0.2) is 0 Å². The van der Waals surface area contributed by atoms with Gasteiger partial charge in [0.05, 0.1) is 10.6 Å². The normalized spacial score (nSPS) is 13.9. The first-order chi connectivity index (χ1) is 18.3. The Balaban J connectivity index is 1.16. The maximum absolute atomic E-state index is 13.6. The number of fused-ring (bicyclic) bond motifs is 2. The number of nitrogens with one attached hydrogen (secondary N) is 4. The molecule has 2 aliphatic carbocycles. The molecule has 0 fully saturated rings. The Morgan fingerprint density at radius 2 is 1.47 bits per heavy atom. The quantitative estimate of drug-likeness (QED) is 0.351. The Morgan fingerprint density at radius 1 is 0.816 bits per heavy atom. The molecular weight excluding hydrogens is 507 g/mol. The van der Waals surface area contributed by atoms with E-state index in [1.807, 2.05) is 0 Å². The van der Waals surface area contributed by atoms with Crippen LogP contribution < -0.4 is 20.7 Å². The Hall–Kier alpha value is -3.92. The van der Waals surface area contributed by atoms with Crippen LogP contribution in [-0.4, -0.2) is 27.0 Å². The van der Waals surface area contributed by atoms with Crippen LogP contribution in [0.5, 0.6) is 0 Å². The van der Waals surface area contributed by atoms with Gasteiger partial charge in [-0.2, -0.15) is 0 Å². The number of carbonyl (C=O) groups is 2. The van der Waals surface area contributed by atoms with Gasteiger partial charge < -0.3 is 16.0 Å². The standard InChI is InChI=1S/C28H29FN4O4S/c29-24-9-1-2-10-25(24)31-27(34)30-16-15-18-11-13-21(14-12-18)38(36,37)33-28(35)32-26-22-7-3-5-19(22)17-20-6-4-8-23(20)26/h1-2,9-14,17H,3-8,15-16H2,(H2,30,31,34)(H2,32,33,35). The lowest BCUT2D eigenvalue weighted by Crippen LogP contribution is -2.35. The molecule has 0 unspecified atom stereocenters. The van der Waals surface area contributed by atoms with Crippen molar-refractivity contribution in [1.82, 2.24) is 10.0 Å². The third-order valence-electron chi connectivity index (χ3n) is 6.99. The molecule has 0 aromatic heterocycles. The molecule has 4 amide bonds. The van der Waals surface area contributed by atoms with Gasteiger partial charge in [0.1, 0.15) is 5.82 Å². The van der Waals surface area contributed by atoms with Crippen LogP contribution in [0.4, 0.5) is 25.4 Å². The van der Waals surface area contributed by atoms with Crippen LogP contribution >= 0.6 is 0 Å². The number of sulfonamides is 1. The predicted octanol–water partition coefficient (Wildman–Crippen LogP) is 4.68. The van der Waals surface area contributed by atoms with Gasteiger partial charge in [-0.15, -0.1) is 0 Å². The number of halogens is 1. The molecule has 2 aliphatic rings. The number of hydrogen-bond acceptors (Lipinski definition) is 4. The van der Waals surface area contributed by atoms with Crippen molar-refractivity contribution in [2.75, 3.05) is 17.2 Å². The Bertz CT molecular complexity index is 1460. The predicted molar refractivity (Wildman–Crippen MR) is 143 cm³/mol. The van der Waals surface area contributed by atoms with E-state index >= 15 is 0 Å². The van der Waals surface area contributed by atoms with Crippen LogP contribution in [0.25, 0.3) is 0 Å². The molecular formula is C28H29FN4O4S. The second-order valence-corrected chi connectivity index (χ2v) is 11.2. The molecule has 0 spiro atoms. The number of carbonyl (C=O) groups excluding carboxylic acids is 2. The van der Waals surface area contributed by atoms with E-state index in [1.165, 1.54) is 41.5 Å². The number of benzene rings is 3. The number of para-hydroxylation sites is 1. The fourth-order valence-electron chi connectivity index (χ4n) is 5.17. The number of urea groups is 2. The third kappa shape index (κ3) is 5.65. The lowest BCUT2D eigenvalue weighted by Gasteiger charge is -2.16. The van der Waals surface area contributed by atoms with Crippen LogP contribution in [0.3, 0.4) is 0 Å². The van der Waals surface area contributed by atoms with E-state index in [2.05, 4.69) is 26.7 Å². The summed E-state index contributed by atoms with van der Waals surface area (Å²) in [7, 11) is -4.07. The number of anilines is 2. The van der Waals surface area contributed by atoms with Gasteiger partial charge in [0.2, 0.25) is 0 Å². The van der Waals surface area contributed by atoms with E-state index in [0.717, 1.165) is 60.9 Å². The molecule has 0 bridgehead atoms. The molecule has 0 saturated carbocycles. The summed E-state index contributed by atoms with van der Waals surface area (Å²) < 4.78 is 41.5. The molecule has 0 atom stereocenters. The van der Waals surface area contributed by atoms with E-state index < -0.39 is 27.9 Å². The SMILES string of the molecule is O=C(NCCc1ccc(S(=O)(=O)NC(=O)Nc2c3c(cc4c2CCC4)CCC3)cc1)Nc1ccccc1F. The lowest BCUT2D eigenvalue weighted by atomic mass is 9.99. The van der Waals surface area contributed by atoms with Crippen molar-refractivity contribution in [3.63, 3.8) is 0 Å². The van der Waals surface area contributed by atoms with E-state index in [4.69, 9.17) is 0 Å². The van der Waals surface area contributed by atoms with Crippen molar-refractivity contribution in [1.29, 1.82) is 0 Å². The summed E-state index contributed by atoms with van der Waals surface area (Å²) in [6, 6.07) is 12.9. The van der Waals surface area contributed by atoms with Gasteiger partial charge in [-0.3, -0.25) is 0 Å². The summed E-state index contributed by atoms with van der Waals surface area (Å²) in [5.74, 6) is -0.529. The highest BCUT2D eigenvalue weighted by Crippen LogP contribution is 2.38. The van der Waals surface area contributed by atoms with Crippen molar-refractivity contribution in [3.05, 3.63) is 88.2 Å². The summed E-state index contributed by atoms with van der Waals surface area (Å²) in [4.78, 5) is 24.7. The van der Waals surface area contributed by atoms with Gasteiger partial charge >= 0.3 is 12.1 Å². The van der Waals surface area contributed by atoms with E-state index in [0.29, 0.717) is 6.42 Å². The first-order valence-corrected chi connectivity index (χ1v) is 14.2. The third-order valence-corrected chi connectivity index (χ3v) is 8.34. The fourth-order valence-corrected chi connectivity index (χ4v) is 6.08. The molecule has 3 aromatic rings. The topological polar surface area (TPSA) is 116 Å². The number of aryl methyl sites for hydroxylation is 2. The minimum absolute atomic E-state index is 0.0369. The number of rotatable bonds is 7. The van der Waals surface area contributed by atoms with Gasteiger partial charge in [-0.05, 0) is 97.0 Å². The summed E-state index contributed by atoms with van der Waals surface area (Å²) in [5.41, 5.74) is 6.39. The minimum atomic E-state index is -4.07. The molecule has 3 aromatic carbocycles. The maximum Gasteiger partial charge on any atom is 0.333 e. The first kappa shape index (κ1) is 25.7. The molecule has 8 nitrogen and oxygen atoms in total. The van der Waals surface area contributed by atoms with Crippen molar-refractivity contribution in [3.8, 4) is 0 Å². The summed E-state index contributed by atoms with van der Waals surface area (Å²) in [6.45, 7) is 0.263. The van der Waals surface area contributed by atoms with Crippen molar-refractivity contribution >= 4 is 33.5 Å². The van der Waals surface area contributed by atoms with Crippen molar-refractivity contribution < 1.29 is 22.4 Å². The van der Waals surface area contributed by atoms with Gasteiger partial charge in [-0.25, -0.2) is 27.1 Å². The van der Waals surface area contributed by atoms with E-state index in [1.54, 1.807) is 18.2 Å². The van der Waals surface area contributed by atoms with E-state index in [-0.39, 0.29) is 17.1 Å². The average molecular weight is 537 g/mol. The Labute approximate surface area is 221 Å². The number of amides is 4. The monoisotopic (exact) mass is 536 g/mol. The molecule has 0 radical (unpaired) electrons. The second-order valence-electron chi connectivity index (χ2n) is 9.55. The van der Waals surface area contributed by atoms with Gasteiger partial charge in [0, 0.05) is 12.2 Å². The highest BCUT2D eigenvalue weighted by molar-refractivity contribution is 7.90. The van der Waals surface area contributed by atoms with Crippen LogP contribution in [0, 0.1) is 5.82 Å². The molecule has 5 rings (SSSR count). The Morgan fingerprint density at radius 3 is 2.13 bits per heavy atom. The largest absolute Gasteiger partial charge is 0.338 e. The zero-order valence-electron chi connectivity index (χ0n) is 20.8. The van der Waals surface area contributed by atoms with E-state index in [9.17, 15) is 22.4 Å². The van der Waals surface area contributed by atoms with Gasteiger partial charge in [-0.1, -0.05) is 30.3 Å². The minimum Gasteiger partial charge on any atom is -0.338 e. The second kappa shape index (κ2) is 10.8. The molecule has 38 heavy (non-hydrogen) atoms. The van der Waals surface area contributed by atoms with Crippen LogP contribution in [0.1, 0.15) is 40.7 Å². The first-order valence-electron chi connectivity index (χ1n) is 12.7. The average Bonchev–Trinajstić information content (AvgIpc) is 3.55. The molecule has 0 aliphatic heterocycles. The molecule has 0 saturated heterocycles. The van der Waals surface area contributed by atoms with Crippen LogP contribution in [-0.2, 0) is 42.1 Å². The molecule has 198 valence electrons. The zero-order valence-corrected chi connectivity index (χ0v) is 21.6. The summed E-state index contributed by atoms with van der Waals surface area (Å²) >= 11 is 0. The van der Waals surface area contributed by atoms with Crippen molar-refractivity contribution in [2.45, 2.75) is 49.8 Å².